The van der Waals surface area contributed by atoms with Crippen molar-refractivity contribution in [2.75, 3.05) is 53.7 Å². The molecule has 57 heavy (non-hydrogen) atoms. The highest BCUT2D eigenvalue weighted by Gasteiger charge is 2.26. The number of methoxy groups -OCH3 is 2. The van der Waals surface area contributed by atoms with E-state index in [2.05, 4.69) is 19.9 Å². The summed E-state index contributed by atoms with van der Waals surface area (Å²) in [5.41, 5.74) is 6.52. The standard InChI is InChI=1S/C17H23NO3.C16H22N2O3.C11H13NO3/c1-20-17(19)13-7-8-14-12-18(9-10-21-16(14)11-13)15-5-3-2-4-6-15;19-16(17-20)12-6-7-13-11-18(8-9-21-15(13)10-12)14-4-2-1-3-5-14;1-14-11(13)8-2-3-9-7-12-4-5-15-10(9)6-8/h7-8,11,15H,2-6,9-10,12H2,1H3;6-7,10,14,20H,1-5,8-9,11H2,(H,17,19);2-3,6,12H,4-5,7H2,1H3. The number of hydrogen-bond acceptors (Lipinski definition) is 12. The van der Waals surface area contributed by atoms with Crippen LogP contribution in [-0.4, -0.2) is 98.6 Å². The number of amides is 1. The molecule has 0 saturated heterocycles. The lowest BCUT2D eigenvalue weighted by Gasteiger charge is -2.32. The average Bonchev–Trinajstić information content (AvgIpc) is 3.74. The fourth-order valence-corrected chi connectivity index (χ4v) is 8.28. The molecule has 308 valence electrons. The molecule has 1 amide bonds. The van der Waals surface area contributed by atoms with Crippen LogP contribution >= 0.6 is 0 Å². The van der Waals surface area contributed by atoms with Gasteiger partial charge in [0.05, 0.1) is 25.3 Å². The Morgan fingerprint density at radius 1 is 0.632 bits per heavy atom. The monoisotopic (exact) mass is 786 g/mol. The largest absolute Gasteiger partial charge is 0.492 e. The van der Waals surface area contributed by atoms with Gasteiger partial charge in [0.25, 0.3) is 5.91 Å². The third-order valence-corrected chi connectivity index (χ3v) is 11.5. The summed E-state index contributed by atoms with van der Waals surface area (Å²) in [7, 11) is 2.77. The summed E-state index contributed by atoms with van der Waals surface area (Å²) in [6.45, 7) is 7.24. The lowest BCUT2D eigenvalue weighted by atomic mass is 9.94. The Bertz CT molecular complexity index is 1710. The van der Waals surface area contributed by atoms with Gasteiger partial charge in [0, 0.05) is 73.6 Å². The number of carbonyl (C=O) groups excluding carboxylic acids is 3. The van der Waals surface area contributed by atoms with Crippen molar-refractivity contribution >= 4 is 17.8 Å². The summed E-state index contributed by atoms with van der Waals surface area (Å²) < 4.78 is 26.6. The van der Waals surface area contributed by atoms with E-state index in [0.717, 1.165) is 67.6 Å². The maximum absolute atomic E-state index is 11.6. The van der Waals surface area contributed by atoms with E-state index in [0.29, 0.717) is 48.6 Å². The maximum atomic E-state index is 11.6. The number of hydrogen-bond donors (Lipinski definition) is 3. The molecule has 2 aliphatic carbocycles. The molecule has 0 bridgehead atoms. The fraction of sp³-hybridized carbons (Fsp3) is 0.523. The minimum atomic E-state index is -0.505. The van der Waals surface area contributed by atoms with Crippen molar-refractivity contribution < 1.29 is 43.3 Å². The fourth-order valence-electron chi connectivity index (χ4n) is 8.28. The highest BCUT2D eigenvalue weighted by molar-refractivity contribution is 5.94. The van der Waals surface area contributed by atoms with Gasteiger partial charge in [-0.1, -0.05) is 56.7 Å². The first-order chi connectivity index (χ1) is 27.9. The third kappa shape index (κ3) is 11.5. The topological polar surface area (TPSA) is 148 Å². The van der Waals surface area contributed by atoms with Crippen molar-refractivity contribution in [1.29, 1.82) is 0 Å². The first-order valence-electron chi connectivity index (χ1n) is 20.4. The zero-order valence-corrected chi connectivity index (χ0v) is 33.4. The van der Waals surface area contributed by atoms with Crippen molar-refractivity contribution in [3.8, 4) is 17.2 Å². The summed E-state index contributed by atoms with van der Waals surface area (Å²) in [5, 5.41) is 11.9. The molecule has 3 aromatic rings. The van der Waals surface area contributed by atoms with Crippen molar-refractivity contribution in [2.24, 2.45) is 0 Å². The molecule has 13 nitrogen and oxygen atoms in total. The number of ether oxygens (including phenoxy) is 5. The van der Waals surface area contributed by atoms with Crippen molar-refractivity contribution in [3.63, 3.8) is 0 Å². The summed E-state index contributed by atoms with van der Waals surface area (Å²) in [5.74, 6) is 1.21. The number of fused-ring (bicyclic) bond motifs is 3. The van der Waals surface area contributed by atoms with Gasteiger partial charge in [0.2, 0.25) is 0 Å². The van der Waals surface area contributed by atoms with Gasteiger partial charge >= 0.3 is 11.9 Å². The van der Waals surface area contributed by atoms with E-state index in [1.807, 2.05) is 30.3 Å². The molecule has 2 fully saturated rings. The third-order valence-electron chi connectivity index (χ3n) is 11.5. The second-order valence-electron chi connectivity index (χ2n) is 15.1. The van der Waals surface area contributed by atoms with Gasteiger partial charge in [-0.15, -0.1) is 0 Å². The lowest BCUT2D eigenvalue weighted by Crippen LogP contribution is -2.37. The van der Waals surface area contributed by atoms with Crippen molar-refractivity contribution in [2.45, 2.75) is 95.9 Å². The van der Waals surface area contributed by atoms with Gasteiger partial charge in [-0.2, -0.15) is 0 Å². The van der Waals surface area contributed by atoms with E-state index in [-0.39, 0.29) is 11.9 Å². The van der Waals surface area contributed by atoms with E-state index in [9.17, 15) is 14.4 Å². The molecular weight excluding hydrogens is 729 g/mol. The van der Waals surface area contributed by atoms with Gasteiger partial charge in [-0.25, -0.2) is 15.1 Å². The Labute approximate surface area is 335 Å². The van der Waals surface area contributed by atoms with Crippen LogP contribution in [0.15, 0.2) is 54.6 Å². The Morgan fingerprint density at radius 2 is 1.07 bits per heavy atom. The van der Waals surface area contributed by atoms with E-state index < -0.39 is 5.91 Å². The number of esters is 2. The van der Waals surface area contributed by atoms with E-state index >= 15 is 0 Å². The first-order valence-corrected chi connectivity index (χ1v) is 20.4. The predicted octanol–water partition coefficient (Wildman–Crippen LogP) is 6.29. The van der Waals surface area contributed by atoms with Crippen LogP contribution in [0.5, 0.6) is 17.2 Å². The van der Waals surface area contributed by atoms with Crippen LogP contribution in [0.1, 0.15) is 112 Å². The van der Waals surface area contributed by atoms with Crippen molar-refractivity contribution in [3.05, 3.63) is 88.0 Å². The molecular formula is C44H58N4O9. The lowest BCUT2D eigenvalue weighted by molar-refractivity contribution is 0.0591. The summed E-state index contributed by atoms with van der Waals surface area (Å²) in [4.78, 5) is 39.4. The van der Waals surface area contributed by atoms with Crippen molar-refractivity contribution in [1.82, 2.24) is 20.6 Å². The minimum absolute atomic E-state index is 0.310. The minimum Gasteiger partial charge on any atom is -0.492 e. The Hall–Kier alpha value is -4.69. The van der Waals surface area contributed by atoms with Gasteiger partial charge in [-0.3, -0.25) is 19.8 Å². The average molecular weight is 787 g/mol. The summed E-state index contributed by atoms with van der Waals surface area (Å²) >= 11 is 0. The molecule has 3 aliphatic heterocycles. The Balaban J connectivity index is 0.000000147. The molecule has 2 saturated carbocycles. The number of rotatable bonds is 5. The zero-order valence-electron chi connectivity index (χ0n) is 33.4. The van der Waals surface area contributed by atoms with E-state index in [1.54, 1.807) is 29.7 Å². The second-order valence-corrected chi connectivity index (χ2v) is 15.1. The quantitative estimate of drug-likeness (QED) is 0.152. The van der Waals surface area contributed by atoms with Gasteiger partial charge in [-0.05, 0) is 62.1 Å². The maximum Gasteiger partial charge on any atom is 0.337 e. The molecule has 3 heterocycles. The van der Waals surface area contributed by atoms with Crippen LogP contribution in [0, 0.1) is 0 Å². The smallest absolute Gasteiger partial charge is 0.337 e. The Morgan fingerprint density at radius 3 is 1.56 bits per heavy atom. The van der Waals surface area contributed by atoms with Crippen LogP contribution in [-0.2, 0) is 29.1 Å². The van der Waals surface area contributed by atoms with Crippen LogP contribution < -0.4 is 25.0 Å². The highest BCUT2D eigenvalue weighted by atomic mass is 16.5. The number of hydroxylamine groups is 1. The number of carbonyl (C=O) groups is 3. The second kappa shape index (κ2) is 21.2. The van der Waals surface area contributed by atoms with Gasteiger partial charge < -0.3 is 29.0 Å². The van der Waals surface area contributed by atoms with Crippen LogP contribution in [0.2, 0.25) is 0 Å². The summed E-state index contributed by atoms with van der Waals surface area (Å²) in [6, 6.07) is 17.7. The van der Waals surface area contributed by atoms with Gasteiger partial charge in [0.15, 0.2) is 0 Å². The van der Waals surface area contributed by atoms with Crippen LogP contribution in [0.4, 0.5) is 0 Å². The normalized spacial score (nSPS) is 18.8. The SMILES string of the molecule is COC(=O)c1ccc2c(c1)OCCN(C1CCCCC1)C2.COC(=O)c1ccc2c(c1)OCCNC2.O=C(NO)c1ccc2c(c1)OCCN(C1CCCCC1)C2. The molecule has 0 aromatic heterocycles. The van der Waals surface area contributed by atoms with Crippen LogP contribution in [0.3, 0.4) is 0 Å². The molecule has 3 aromatic carbocycles. The molecule has 0 unspecified atom stereocenters. The summed E-state index contributed by atoms with van der Waals surface area (Å²) in [6.07, 6.45) is 13.2. The molecule has 3 N–H and O–H groups in total. The number of nitrogens with one attached hydrogen (secondary N) is 2. The Kier molecular flexibility index (Phi) is 15.6. The first kappa shape index (κ1) is 41.9. The molecule has 0 spiro atoms. The van der Waals surface area contributed by atoms with Gasteiger partial charge in [0.1, 0.15) is 37.1 Å². The number of benzene rings is 3. The molecule has 13 heteroatoms. The van der Waals surface area contributed by atoms with E-state index in [4.69, 9.17) is 24.2 Å². The van der Waals surface area contributed by atoms with Crippen LogP contribution in [0.25, 0.3) is 0 Å². The molecule has 5 aliphatic rings. The highest BCUT2D eigenvalue weighted by Crippen LogP contribution is 2.31. The molecule has 8 rings (SSSR count). The molecule has 0 radical (unpaired) electrons. The van der Waals surface area contributed by atoms with E-state index in [1.165, 1.54) is 84.0 Å². The predicted molar refractivity (Wildman–Crippen MR) is 214 cm³/mol. The zero-order chi connectivity index (χ0) is 40.0. The molecule has 0 atom stereocenters. The number of nitrogens with zero attached hydrogens (tertiary/aromatic N) is 2.